The van der Waals surface area contributed by atoms with Gasteiger partial charge in [0.05, 0.1) is 35.3 Å². The van der Waals surface area contributed by atoms with Gasteiger partial charge in [0.1, 0.15) is 6.10 Å². The minimum atomic E-state index is -0.659. The van der Waals surface area contributed by atoms with Gasteiger partial charge in [-0.25, -0.2) is 4.79 Å². The minimum absolute atomic E-state index is 0.156. The Balaban J connectivity index is 2.33. The Kier molecular flexibility index (Phi) is 5.53. The van der Waals surface area contributed by atoms with E-state index in [9.17, 15) is 14.7 Å². The number of rotatable bonds is 3. The minimum Gasteiger partial charge on any atom is -0.474 e. The zero-order valence-corrected chi connectivity index (χ0v) is 11.2. The summed E-state index contributed by atoms with van der Waals surface area (Å²) in [5, 5.41) is 9.73. The molecule has 3 unspecified atom stereocenters. The van der Waals surface area contributed by atoms with Crippen LogP contribution in [0.1, 0.15) is 19.3 Å². The summed E-state index contributed by atoms with van der Waals surface area (Å²) in [6.45, 7) is 0.331. The van der Waals surface area contributed by atoms with E-state index in [1.165, 1.54) is 7.85 Å². The van der Waals surface area contributed by atoms with Crippen molar-refractivity contribution >= 4 is 40.3 Å². The van der Waals surface area contributed by atoms with Gasteiger partial charge in [0.2, 0.25) is 13.7 Å². The predicted molar refractivity (Wildman–Crippen MR) is 67.5 cm³/mol. The van der Waals surface area contributed by atoms with Crippen molar-refractivity contribution in [1.29, 1.82) is 0 Å². The predicted octanol–water partition coefficient (Wildman–Crippen LogP) is 0.857. The van der Waals surface area contributed by atoms with Gasteiger partial charge >= 0.3 is 3.98 Å². The lowest BCUT2D eigenvalue weighted by Gasteiger charge is -2.31. The molecule has 1 aliphatic carbocycles. The summed E-state index contributed by atoms with van der Waals surface area (Å²) in [7, 11) is 1.36. The second-order valence-electron chi connectivity index (χ2n) is 3.94. The molecule has 0 amide bonds. The third-order valence-corrected chi connectivity index (χ3v) is 2.88. The third kappa shape index (κ3) is 4.69. The summed E-state index contributed by atoms with van der Waals surface area (Å²) in [5.74, 6) is -0.154. The normalized spacial score (nSPS) is 29.5. The topological polar surface area (TPSA) is 72.8 Å². The lowest BCUT2D eigenvalue weighted by molar-refractivity contribution is -0.0340. The Labute approximate surface area is 108 Å². The second kappa shape index (κ2) is 6.44. The molecule has 0 aromatic heterocycles. The van der Waals surface area contributed by atoms with Crippen LogP contribution in [0.3, 0.4) is 0 Å². The Morgan fingerprint density at radius 1 is 1.44 bits per heavy atom. The van der Waals surface area contributed by atoms with Gasteiger partial charge < -0.3 is 14.6 Å². The fraction of sp³-hybridized carbons (Fsp3) is 0.778. The summed E-state index contributed by atoms with van der Waals surface area (Å²) in [4.78, 5) is 21.4. The molecule has 1 saturated carbocycles. The first kappa shape index (κ1) is 13.8. The smallest absolute Gasteiger partial charge is 0.367 e. The summed E-state index contributed by atoms with van der Waals surface area (Å²) in [5.41, 5.74) is 0. The largest absolute Gasteiger partial charge is 0.474 e. The van der Waals surface area contributed by atoms with Crippen LogP contribution in [-0.2, 0) is 9.47 Å². The van der Waals surface area contributed by atoms with Crippen LogP contribution in [0.2, 0.25) is 0 Å². The molecule has 0 bridgehead atoms. The molecule has 0 aromatic carbocycles. The molecule has 0 aromatic rings. The van der Waals surface area contributed by atoms with Crippen molar-refractivity contribution < 1.29 is 24.2 Å². The van der Waals surface area contributed by atoms with Gasteiger partial charge in [0.15, 0.2) is 0 Å². The van der Waals surface area contributed by atoms with E-state index in [4.69, 9.17) is 9.47 Å². The maximum atomic E-state index is 10.7. The highest BCUT2D eigenvalue weighted by Gasteiger charge is 2.31. The third-order valence-electron chi connectivity index (χ3n) is 2.63. The average Bonchev–Trinajstić information content (AvgIpc) is 2.18. The first-order chi connectivity index (χ1) is 7.49. The molecular weight excluding hydrogens is 326 g/mol. The average molecular weight is 340 g/mol. The summed E-state index contributed by atoms with van der Waals surface area (Å²) >= 11 is 1.54. The van der Waals surface area contributed by atoms with Gasteiger partial charge in [0, 0.05) is 0 Å². The highest BCUT2D eigenvalue weighted by Crippen LogP contribution is 2.27. The number of hydrogen-bond acceptors (Lipinski definition) is 5. The molecule has 16 heavy (non-hydrogen) atoms. The lowest BCUT2D eigenvalue weighted by Crippen LogP contribution is -2.37. The van der Waals surface area contributed by atoms with Crippen molar-refractivity contribution in [1.82, 2.24) is 0 Å². The number of hydrogen-bond donors (Lipinski definition) is 1. The standard InChI is InChI=1S/C9H14BIO5/c10-8(13)15-4-5-1-2-7(6(12)3-5)16-9(11)14/h5-7,12H,1-4,10H2. The van der Waals surface area contributed by atoms with E-state index in [-0.39, 0.29) is 11.8 Å². The van der Waals surface area contributed by atoms with Crippen LogP contribution in [0.15, 0.2) is 0 Å². The molecule has 0 saturated heterocycles. The molecule has 0 aliphatic heterocycles. The molecule has 1 fully saturated rings. The van der Waals surface area contributed by atoms with E-state index < -0.39 is 16.2 Å². The van der Waals surface area contributed by atoms with Crippen LogP contribution in [0.25, 0.3) is 0 Å². The molecule has 5 nitrogen and oxygen atoms in total. The molecule has 0 heterocycles. The molecule has 0 spiro atoms. The number of carbonyl (C=O) groups is 2. The van der Waals surface area contributed by atoms with E-state index in [0.29, 0.717) is 19.4 Å². The number of aliphatic hydroxyl groups excluding tert-OH is 1. The van der Waals surface area contributed by atoms with Gasteiger partial charge in [-0.3, -0.25) is 4.79 Å². The van der Waals surface area contributed by atoms with Gasteiger partial charge in [-0.1, -0.05) is 0 Å². The Morgan fingerprint density at radius 2 is 2.12 bits per heavy atom. The first-order valence-electron chi connectivity index (χ1n) is 5.16. The van der Waals surface area contributed by atoms with E-state index in [0.717, 1.165) is 6.42 Å². The van der Waals surface area contributed by atoms with Crippen molar-refractivity contribution in [3.63, 3.8) is 0 Å². The molecule has 1 N–H and O–H groups in total. The van der Waals surface area contributed by atoms with Crippen LogP contribution in [0.4, 0.5) is 9.59 Å². The van der Waals surface area contributed by atoms with Gasteiger partial charge in [-0.2, -0.15) is 0 Å². The van der Waals surface area contributed by atoms with Crippen molar-refractivity contribution in [3.8, 4) is 0 Å². The molecular formula is C9H14BIO5. The summed E-state index contributed by atoms with van der Waals surface area (Å²) in [6.07, 6.45) is 0.828. The highest BCUT2D eigenvalue weighted by atomic mass is 127. The number of carbonyl (C=O) groups excluding carboxylic acids is 2. The van der Waals surface area contributed by atoms with Crippen LogP contribution in [-0.4, -0.2) is 41.6 Å². The highest BCUT2D eigenvalue weighted by molar-refractivity contribution is 14.1. The van der Waals surface area contributed by atoms with Crippen molar-refractivity contribution in [2.24, 2.45) is 5.92 Å². The SMILES string of the molecule is BC(=O)OCC1CCC(OC(=O)I)C(O)C1. The quantitative estimate of drug-likeness (QED) is 0.469. The molecule has 90 valence electrons. The summed E-state index contributed by atoms with van der Waals surface area (Å²) in [6, 6.07) is 0. The monoisotopic (exact) mass is 340 g/mol. The van der Waals surface area contributed by atoms with Gasteiger partial charge in [-0.05, 0) is 25.2 Å². The first-order valence-corrected chi connectivity index (χ1v) is 6.24. The molecule has 1 aliphatic rings. The fourth-order valence-electron chi connectivity index (χ4n) is 1.85. The molecule has 3 atom stereocenters. The summed E-state index contributed by atoms with van der Waals surface area (Å²) < 4.78 is 9.45. The zero-order valence-electron chi connectivity index (χ0n) is 9.02. The van der Waals surface area contributed by atoms with Crippen molar-refractivity contribution in [2.45, 2.75) is 31.5 Å². The van der Waals surface area contributed by atoms with Gasteiger partial charge in [-0.15, -0.1) is 0 Å². The molecule has 7 heteroatoms. The van der Waals surface area contributed by atoms with E-state index in [1.54, 1.807) is 22.6 Å². The number of ether oxygens (including phenoxy) is 2. The second-order valence-corrected chi connectivity index (χ2v) is 4.82. The van der Waals surface area contributed by atoms with E-state index in [2.05, 4.69) is 0 Å². The van der Waals surface area contributed by atoms with E-state index in [1.807, 2.05) is 0 Å². The van der Waals surface area contributed by atoms with Crippen LogP contribution >= 0.6 is 22.6 Å². The maximum Gasteiger partial charge on any atom is 0.367 e. The van der Waals surface area contributed by atoms with Crippen LogP contribution in [0, 0.1) is 5.92 Å². The Bertz CT molecular complexity index is 273. The Hall–Kier alpha value is -0.305. The van der Waals surface area contributed by atoms with Crippen molar-refractivity contribution in [2.75, 3.05) is 6.61 Å². The molecule has 1 rings (SSSR count). The lowest BCUT2D eigenvalue weighted by atomic mass is 9.86. The van der Waals surface area contributed by atoms with E-state index >= 15 is 0 Å². The fourth-order valence-corrected chi connectivity index (χ4v) is 2.17. The molecule has 0 radical (unpaired) electrons. The zero-order chi connectivity index (χ0) is 12.1. The number of aliphatic hydroxyl groups is 1. The maximum absolute atomic E-state index is 10.7. The van der Waals surface area contributed by atoms with Crippen LogP contribution < -0.4 is 0 Å². The number of halogens is 1. The Morgan fingerprint density at radius 3 is 2.62 bits per heavy atom. The van der Waals surface area contributed by atoms with Gasteiger partial charge in [0.25, 0.3) is 0 Å². The van der Waals surface area contributed by atoms with Crippen LogP contribution in [0.5, 0.6) is 0 Å². The van der Waals surface area contributed by atoms with Crippen molar-refractivity contribution in [3.05, 3.63) is 0 Å².